The van der Waals surface area contributed by atoms with Gasteiger partial charge in [0.1, 0.15) is 0 Å². The maximum Gasteiger partial charge on any atom is 0.154 e. The van der Waals surface area contributed by atoms with Gasteiger partial charge in [-0.15, -0.1) is 0 Å². The smallest absolute Gasteiger partial charge is 0.154 e. The Morgan fingerprint density at radius 3 is 2.61 bits per heavy atom. The van der Waals surface area contributed by atoms with Crippen molar-refractivity contribution >= 4 is 11.6 Å². The molecule has 0 N–H and O–H groups in total. The predicted octanol–water partition coefficient (Wildman–Crippen LogP) is 2.98. The van der Waals surface area contributed by atoms with Gasteiger partial charge in [0.25, 0.3) is 0 Å². The van der Waals surface area contributed by atoms with Crippen LogP contribution < -0.4 is 0 Å². The molecule has 0 radical (unpaired) electrons. The first kappa shape index (κ1) is 10.9. The molecule has 0 bridgehead atoms. The van der Waals surface area contributed by atoms with Gasteiger partial charge in [0, 0.05) is 12.4 Å². The minimum Gasteiger partial charge on any atom is -0.253 e. The van der Waals surface area contributed by atoms with Gasteiger partial charge in [0.2, 0.25) is 0 Å². The molecule has 3 heterocycles. The normalized spacial score (nSPS) is 10.5. The summed E-state index contributed by atoms with van der Waals surface area (Å²) in [5.74, 6) is 0.759. The molecule has 0 atom stereocenters. The first-order chi connectivity index (χ1) is 8.84. The summed E-state index contributed by atoms with van der Waals surface area (Å²) in [6, 6.07) is 11.2. The highest BCUT2D eigenvalue weighted by molar-refractivity contribution is 6.30. The van der Waals surface area contributed by atoms with E-state index < -0.39 is 0 Å². The van der Waals surface area contributed by atoms with Gasteiger partial charge in [-0.2, -0.15) is 5.10 Å². The van der Waals surface area contributed by atoms with Gasteiger partial charge in [-0.05, 0) is 30.3 Å². The molecule has 3 rings (SSSR count). The third-order valence-corrected chi connectivity index (χ3v) is 2.72. The Hall–Kier alpha value is -2.20. The van der Waals surface area contributed by atoms with Gasteiger partial charge < -0.3 is 0 Å². The fraction of sp³-hybridized carbons (Fsp3) is 0. The van der Waals surface area contributed by atoms with Gasteiger partial charge in [-0.25, -0.2) is 9.67 Å². The van der Waals surface area contributed by atoms with Crippen LogP contribution in [0.4, 0.5) is 0 Å². The number of hydrogen-bond donors (Lipinski definition) is 0. The Bertz CT molecular complexity index is 646. The molecule has 0 spiro atoms. The van der Waals surface area contributed by atoms with Crippen LogP contribution in [0.3, 0.4) is 0 Å². The second kappa shape index (κ2) is 4.58. The van der Waals surface area contributed by atoms with E-state index in [1.54, 1.807) is 29.3 Å². The van der Waals surface area contributed by atoms with Crippen LogP contribution >= 0.6 is 11.6 Å². The quantitative estimate of drug-likeness (QED) is 0.708. The van der Waals surface area contributed by atoms with Crippen molar-refractivity contribution < 1.29 is 0 Å². The average Bonchev–Trinajstić information content (AvgIpc) is 2.90. The van der Waals surface area contributed by atoms with Crippen LogP contribution in [-0.2, 0) is 0 Å². The Labute approximate surface area is 109 Å². The summed E-state index contributed by atoms with van der Waals surface area (Å²) >= 11 is 5.83. The molecule has 4 nitrogen and oxygen atoms in total. The van der Waals surface area contributed by atoms with Crippen LogP contribution in [0.25, 0.3) is 17.2 Å². The molecule has 18 heavy (non-hydrogen) atoms. The van der Waals surface area contributed by atoms with Crippen LogP contribution in [0.2, 0.25) is 5.02 Å². The highest BCUT2D eigenvalue weighted by Crippen LogP contribution is 2.20. The zero-order valence-electron chi connectivity index (χ0n) is 9.36. The van der Waals surface area contributed by atoms with Gasteiger partial charge in [0.15, 0.2) is 5.82 Å². The third kappa shape index (κ3) is 1.98. The lowest BCUT2D eigenvalue weighted by Crippen LogP contribution is -2.01. The Kier molecular flexibility index (Phi) is 2.78. The summed E-state index contributed by atoms with van der Waals surface area (Å²) in [5.41, 5.74) is 1.69. The summed E-state index contributed by atoms with van der Waals surface area (Å²) in [4.78, 5) is 8.56. The summed E-state index contributed by atoms with van der Waals surface area (Å²) in [6.45, 7) is 0. The second-order valence-electron chi connectivity index (χ2n) is 3.68. The van der Waals surface area contributed by atoms with Gasteiger partial charge in [-0.3, -0.25) is 4.98 Å². The molecule has 0 amide bonds. The van der Waals surface area contributed by atoms with Crippen molar-refractivity contribution in [3.8, 4) is 17.2 Å². The molecule has 3 aromatic rings. The molecule has 0 aliphatic rings. The topological polar surface area (TPSA) is 43.6 Å². The SMILES string of the molecule is Clc1ccc(-c2ccnn2-c2ccccn2)nc1. The van der Waals surface area contributed by atoms with Crippen molar-refractivity contribution in [2.75, 3.05) is 0 Å². The fourth-order valence-corrected chi connectivity index (χ4v) is 1.80. The van der Waals surface area contributed by atoms with E-state index in [0.29, 0.717) is 5.02 Å². The molecule has 0 saturated heterocycles. The molecule has 0 fully saturated rings. The van der Waals surface area contributed by atoms with Crippen molar-refractivity contribution in [1.82, 2.24) is 19.7 Å². The van der Waals surface area contributed by atoms with Crippen molar-refractivity contribution in [3.05, 3.63) is 60.0 Å². The van der Waals surface area contributed by atoms with Crippen LogP contribution in [-0.4, -0.2) is 19.7 Å². The Balaban J connectivity index is 2.10. The van der Waals surface area contributed by atoms with Crippen LogP contribution in [0.15, 0.2) is 55.0 Å². The molecule has 0 unspecified atom stereocenters. The number of aromatic nitrogens is 4. The molecule has 0 aliphatic heterocycles. The van der Waals surface area contributed by atoms with Gasteiger partial charge in [-0.1, -0.05) is 17.7 Å². The van der Waals surface area contributed by atoms with E-state index in [0.717, 1.165) is 17.2 Å². The van der Waals surface area contributed by atoms with E-state index in [2.05, 4.69) is 15.1 Å². The molecular weight excluding hydrogens is 248 g/mol. The van der Waals surface area contributed by atoms with E-state index in [-0.39, 0.29) is 0 Å². The van der Waals surface area contributed by atoms with Gasteiger partial charge in [0.05, 0.1) is 22.6 Å². The number of pyridine rings is 2. The van der Waals surface area contributed by atoms with Crippen molar-refractivity contribution in [2.24, 2.45) is 0 Å². The van der Waals surface area contributed by atoms with Crippen molar-refractivity contribution in [2.45, 2.75) is 0 Å². The maximum absolute atomic E-state index is 5.83. The van der Waals surface area contributed by atoms with Crippen LogP contribution in [0.5, 0.6) is 0 Å². The average molecular weight is 257 g/mol. The zero-order chi connectivity index (χ0) is 12.4. The van der Waals surface area contributed by atoms with Crippen molar-refractivity contribution in [1.29, 1.82) is 0 Å². The van der Waals surface area contributed by atoms with E-state index in [1.165, 1.54) is 0 Å². The molecule has 0 aromatic carbocycles. The monoisotopic (exact) mass is 256 g/mol. The number of rotatable bonds is 2. The van der Waals surface area contributed by atoms with Gasteiger partial charge >= 0.3 is 0 Å². The molecular formula is C13H9ClN4. The molecule has 3 aromatic heterocycles. The predicted molar refractivity (Wildman–Crippen MR) is 69.6 cm³/mol. The second-order valence-corrected chi connectivity index (χ2v) is 4.11. The molecule has 0 saturated carbocycles. The highest BCUT2D eigenvalue weighted by atomic mass is 35.5. The lowest BCUT2D eigenvalue weighted by Gasteiger charge is -2.05. The van der Waals surface area contributed by atoms with Crippen LogP contribution in [0, 0.1) is 0 Å². The maximum atomic E-state index is 5.83. The minimum atomic E-state index is 0.614. The third-order valence-electron chi connectivity index (χ3n) is 2.50. The number of hydrogen-bond acceptors (Lipinski definition) is 3. The van der Waals surface area contributed by atoms with Crippen molar-refractivity contribution in [3.63, 3.8) is 0 Å². The Morgan fingerprint density at radius 2 is 1.89 bits per heavy atom. The molecule has 0 aliphatic carbocycles. The van der Waals surface area contributed by atoms with E-state index >= 15 is 0 Å². The lowest BCUT2D eigenvalue weighted by molar-refractivity contribution is 0.851. The summed E-state index contributed by atoms with van der Waals surface area (Å²) in [7, 11) is 0. The number of nitrogens with zero attached hydrogens (tertiary/aromatic N) is 4. The number of halogens is 1. The molecule has 88 valence electrons. The zero-order valence-corrected chi connectivity index (χ0v) is 10.1. The summed E-state index contributed by atoms with van der Waals surface area (Å²) in [6.07, 6.45) is 5.07. The lowest BCUT2D eigenvalue weighted by atomic mass is 10.2. The van der Waals surface area contributed by atoms with E-state index in [4.69, 9.17) is 11.6 Å². The summed E-state index contributed by atoms with van der Waals surface area (Å²) < 4.78 is 1.75. The van der Waals surface area contributed by atoms with Crippen LogP contribution in [0.1, 0.15) is 0 Å². The highest BCUT2D eigenvalue weighted by Gasteiger charge is 2.08. The first-order valence-electron chi connectivity index (χ1n) is 5.42. The summed E-state index contributed by atoms with van der Waals surface area (Å²) in [5, 5.41) is 4.88. The van der Waals surface area contributed by atoms with E-state index in [9.17, 15) is 0 Å². The standard InChI is InChI=1S/C13H9ClN4/c14-10-4-5-11(16-9-10)12-6-8-17-18(12)13-3-1-2-7-15-13/h1-9H. The molecule has 5 heteroatoms. The first-order valence-corrected chi connectivity index (χ1v) is 5.80. The largest absolute Gasteiger partial charge is 0.253 e. The minimum absolute atomic E-state index is 0.614. The fourth-order valence-electron chi connectivity index (χ4n) is 1.69. The van der Waals surface area contributed by atoms with E-state index in [1.807, 2.05) is 30.3 Å². The Morgan fingerprint density at radius 1 is 0.944 bits per heavy atom.